The lowest BCUT2D eigenvalue weighted by atomic mass is 10.0. The molecular formula is C12H12F2O. The average molecular weight is 210 g/mol. The molecule has 0 amide bonds. The second kappa shape index (κ2) is 3.40. The summed E-state index contributed by atoms with van der Waals surface area (Å²) in [6.07, 6.45) is 0.742. The van der Waals surface area contributed by atoms with Crippen LogP contribution in [0, 0.1) is 30.4 Å². The van der Waals surface area contributed by atoms with Crippen LogP contribution in [0.3, 0.4) is 0 Å². The van der Waals surface area contributed by atoms with Crippen LogP contribution in [0.25, 0.3) is 0 Å². The summed E-state index contributed by atoms with van der Waals surface area (Å²) in [6.45, 7) is 3.44. The molecule has 0 spiro atoms. The first-order chi connectivity index (χ1) is 7.02. The Bertz CT molecular complexity index is 426. The van der Waals surface area contributed by atoms with Gasteiger partial charge >= 0.3 is 0 Å². The van der Waals surface area contributed by atoms with Gasteiger partial charge in [0.05, 0.1) is 5.56 Å². The highest BCUT2D eigenvalue weighted by atomic mass is 19.1. The summed E-state index contributed by atoms with van der Waals surface area (Å²) >= 11 is 0. The minimum Gasteiger partial charge on any atom is -0.294 e. The molecule has 1 nitrogen and oxygen atoms in total. The zero-order valence-electron chi connectivity index (χ0n) is 8.68. The largest absolute Gasteiger partial charge is 0.294 e. The van der Waals surface area contributed by atoms with E-state index in [0.29, 0.717) is 5.56 Å². The highest BCUT2D eigenvalue weighted by Gasteiger charge is 2.41. The van der Waals surface area contributed by atoms with Crippen LogP contribution in [0.5, 0.6) is 0 Å². The number of halogens is 2. The summed E-state index contributed by atoms with van der Waals surface area (Å²) in [4.78, 5) is 11.7. The summed E-state index contributed by atoms with van der Waals surface area (Å²) in [6, 6.07) is 2.50. The molecule has 2 atom stereocenters. The van der Waals surface area contributed by atoms with Crippen molar-refractivity contribution in [1.82, 2.24) is 0 Å². The van der Waals surface area contributed by atoms with E-state index in [-0.39, 0.29) is 23.2 Å². The van der Waals surface area contributed by atoms with Crippen molar-refractivity contribution in [2.24, 2.45) is 11.8 Å². The molecule has 0 N–H and O–H groups in total. The highest BCUT2D eigenvalue weighted by molar-refractivity contribution is 6.00. The first kappa shape index (κ1) is 10.3. The Morgan fingerprint density at radius 2 is 2.00 bits per heavy atom. The van der Waals surface area contributed by atoms with E-state index in [0.717, 1.165) is 12.5 Å². The Balaban J connectivity index is 2.43. The molecule has 1 aromatic rings. The topological polar surface area (TPSA) is 17.1 Å². The van der Waals surface area contributed by atoms with Crippen molar-refractivity contribution in [3.8, 4) is 0 Å². The summed E-state index contributed by atoms with van der Waals surface area (Å²) < 4.78 is 26.9. The second-order valence-electron chi connectivity index (χ2n) is 4.24. The monoisotopic (exact) mass is 210 g/mol. The zero-order valence-corrected chi connectivity index (χ0v) is 8.68. The van der Waals surface area contributed by atoms with Gasteiger partial charge in [-0.05, 0) is 30.9 Å². The van der Waals surface area contributed by atoms with Gasteiger partial charge in [0.15, 0.2) is 5.78 Å². The van der Waals surface area contributed by atoms with E-state index < -0.39 is 11.6 Å². The van der Waals surface area contributed by atoms with Gasteiger partial charge in [0.2, 0.25) is 0 Å². The van der Waals surface area contributed by atoms with Crippen LogP contribution in [0.1, 0.15) is 29.3 Å². The van der Waals surface area contributed by atoms with Crippen molar-refractivity contribution >= 4 is 5.78 Å². The predicted molar refractivity (Wildman–Crippen MR) is 52.7 cm³/mol. The summed E-state index contributed by atoms with van der Waals surface area (Å²) in [5.74, 6) is -1.77. The Hall–Kier alpha value is -1.25. The molecule has 0 aromatic heterocycles. The Morgan fingerprint density at radius 1 is 1.40 bits per heavy atom. The summed E-state index contributed by atoms with van der Waals surface area (Å²) in [7, 11) is 0. The fourth-order valence-corrected chi connectivity index (χ4v) is 1.76. The van der Waals surface area contributed by atoms with E-state index in [1.165, 1.54) is 13.0 Å². The van der Waals surface area contributed by atoms with Crippen molar-refractivity contribution in [1.29, 1.82) is 0 Å². The molecule has 2 unspecified atom stereocenters. The molecule has 1 saturated carbocycles. The minimum absolute atomic E-state index is 0.184. The second-order valence-corrected chi connectivity index (χ2v) is 4.24. The van der Waals surface area contributed by atoms with Gasteiger partial charge in [-0.2, -0.15) is 0 Å². The average Bonchev–Trinajstić information content (AvgIpc) is 2.90. The number of ketones is 1. The van der Waals surface area contributed by atoms with Gasteiger partial charge in [-0.15, -0.1) is 0 Å². The Morgan fingerprint density at radius 3 is 2.53 bits per heavy atom. The van der Waals surface area contributed by atoms with E-state index in [2.05, 4.69) is 0 Å². The number of carbonyl (C=O) groups is 1. The normalized spacial score (nSPS) is 24.0. The highest BCUT2D eigenvalue weighted by Crippen LogP contribution is 2.41. The molecule has 2 rings (SSSR count). The third-order valence-electron chi connectivity index (χ3n) is 2.98. The predicted octanol–water partition coefficient (Wildman–Crippen LogP) is 3.11. The van der Waals surface area contributed by atoms with Gasteiger partial charge in [0.25, 0.3) is 0 Å². The van der Waals surface area contributed by atoms with Crippen molar-refractivity contribution in [2.75, 3.05) is 0 Å². The molecule has 0 aliphatic heterocycles. The van der Waals surface area contributed by atoms with Crippen LogP contribution in [-0.2, 0) is 0 Å². The van der Waals surface area contributed by atoms with Crippen LogP contribution in [0.2, 0.25) is 0 Å². The number of hydrogen-bond donors (Lipinski definition) is 0. The van der Waals surface area contributed by atoms with Crippen LogP contribution in [0.15, 0.2) is 12.1 Å². The number of benzene rings is 1. The summed E-state index contributed by atoms with van der Waals surface area (Å²) in [5, 5.41) is 0. The lowest BCUT2D eigenvalue weighted by Gasteiger charge is -2.05. The van der Waals surface area contributed by atoms with Gasteiger partial charge < -0.3 is 0 Å². The molecular weight excluding hydrogens is 198 g/mol. The Kier molecular flexibility index (Phi) is 2.33. The fourth-order valence-electron chi connectivity index (χ4n) is 1.76. The SMILES string of the molecule is Cc1ccc(F)c(C(=O)C2CC2C)c1F. The lowest BCUT2D eigenvalue weighted by molar-refractivity contribution is 0.0953. The van der Waals surface area contributed by atoms with Crippen LogP contribution >= 0.6 is 0 Å². The molecule has 0 radical (unpaired) electrons. The van der Waals surface area contributed by atoms with Crippen LogP contribution in [0.4, 0.5) is 8.78 Å². The quantitative estimate of drug-likeness (QED) is 0.685. The first-order valence-corrected chi connectivity index (χ1v) is 5.01. The van der Waals surface area contributed by atoms with Crippen LogP contribution in [-0.4, -0.2) is 5.78 Å². The number of rotatable bonds is 2. The first-order valence-electron chi connectivity index (χ1n) is 5.01. The summed E-state index contributed by atoms with van der Waals surface area (Å²) in [5.41, 5.74) is -0.0441. The van der Waals surface area contributed by atoms with Gasteiger partial charge in [0, 0.05) is 5.92 Å². The molecule has 3 heteroatoms. The molecule has 0 saturated heterocycles. The maximum Gasteiger partial charge on any atom is 0.172 e. The van der Waals surface area contributed by atoms with Crippen molar-refractivity contribution < 1.29 is 13.6 Å². The van der Waals surface area contributed by atoms with Gasteiger partial charge in [-0.25, -0.2) is 8.78 Å². The maximum absolute atomic E-state index is 13.6. The smallest absolute Gasteiger partial charge is 0.172 e. The molecule has 1 aliphatic rings. The van der Waals surface area contributed by atoms with Crippen molar-refractivity contribution in [2.45, 2.75) is 20.3 Å². The standard InChI is InChI=1S/C12H12F2O/c1-6-3-4-9(13)10(11(6)14)12(15)8-5-7(8)2/h3-4,7-8H,5H2,1-2H3. The number of Topliss-reactive ketones (excluding diaryl/α,β-unsaturated/α-hetero) is 1. The van der Waals surface area contributed by atoms with E-state index in [4.69, 9.17) is 0 Å². The van der Waals surface area contributed by atoms with Crippen molar-refractivity contribution in [3.05, 3.63) is 34.9 Å². The molecule has 1 aliphatic carbocycles. The van der Waals surface area contributed by atoms with Gasteiger partial charge in [-0.1, -0.05) is 13.0 Å². The number of aryl methyl sites for hydroxylation is 1. The lowest BCUT2D eigenvalue weighted by Crippen LogP contribution is -2.10. The van der Waals surface area contributed by atoms with Crippen LogP contribution < -0.4 is 0 Å². The van der Waals surface area contributed by atoms with Crippen molar-refractivity contribution in [3.63, 3.8) is 0 Å². The third-order valence-corrected chi connectivity index (χ3v) is 2.98. The van der Waals surface area contributed by atoms with E-state index >= 15 is 0 Å². The van der Waals surface area contributed by atoms with E-state index in [1.54, 1.807) is 0 Å². The van der Waals surface area contributed by atoms with E-state index in [9.17, 15) is 13.6 Å². The molecule has 0 bridgehead atoms. The Labute approximate surface area is 87.1 Å². The zero-order chi connectivity index (χ0) is 11.2. The molecule has 80 valence electrons. The third kappa shape index (κ3) is 1.66. The van der Waals surface area contributed by atoms with Gasteiger partial charge in [0.1, 0.15) is 11.6 Å². The molecule has 0 heterocycles. The minimum atomic E-state index is -0.748. The van der Waals surface area contributed by atoms with E-state index in [1.807, 2.05) is 6.92 Å². The molecule has 15 heavy (non-hydrogen) atoms. The molecule has 1 aromatic carbocycles. The maximum atomic E-state index is 13.6. The molecule has 1 fully saturated rings. The number of hydrogen-bond acceptors (Lipinski definition) is 1. The van der Waals surface area contributed by atoms with Gasteiger partial charge in [-0.3, -0.25) is 4.79 Å². The fraction of sp³-hybridized carbons (Fsp3) is 0.417. The number of carbonyl (C=O) groups excluding carboxylic acids is 1.